The molecule has 1 aliphatic rings. The quantitative estimate of drug-likeness (QED) is 0.745. The highest BCUT2D eigenvalue weighted by Crippen LogP contribution is 2.24. The first-order valence-corrected chi connectivity index (χ1v) is 8.09. The van der Waals surface area contributed by atoms with Crippen molar-refractivity contribution in [2.24, 2.45) is 0 Å². The molecule has 0 radical (unpaired) electrons. The molecule has 2 nitrogen and oxygen atoms in total. The predicted molar refractivity (Wildman–Crippen MR) is 82.9 cm³/mol. The second-order valence-electron chi connectivity index (χ2n) is 5.09. The van der Waals surface area contributed by atoms with Crippen molar-refractivity contribution in [1.82, 2.24) is 4.90 Å². The molecule has 0 aromatic heterocycles. The lowest BCUT2D eigenvalue weighted by atomic mass is 9.98. The highest BCUT2D eigenvalue weighted by Gasteiger charge is 2.27. The number of rotatable bonds is 3. The van der Waals surface area contributed by atoms with Crippen LogP contribution in [-0.2, 0) is 0 Å². The zero-order valence-electron chi connectivity index (χ0n) is 11.2. The van der Waals surface area contributed by atoms with Crippen LogP contribution in [0.4, 0.5) is 0 Å². The number of hydrogen-bond donors (Lipinski definition) is 0. The molecule has 19 heavy (non-hydrogen) atoms. The van der Waals surface area contributed by atoms with E-state index in [0.29, 0.717) is 11.9 Å². The maximum atomic E-state index is 12.6. The second-order valence-corrected chi connectivity index (χ2v) is 6.32. The zero-order valence-corrected chi connectivity index (χ0v) is 13.5. The molecule has 4 heteroatoms. The van der Waals surface area contributed by atoms with Crippen molar-refractivity contribution < 1.29 is 4.79 Å². The van der Waals surface area contributed by atoms with E-state index in [4.69, 9.17) is 11.6 Å². The summed E-state index contributed by atoms with van der Waals surface area (Å²) >= 11 is 9.34. The summed E-state index contributed by atoms with van der Waals surface area (Å²) in [5.74, 6) is 0.752. The molecule has 2 rings (SSSR count). The van der Waals surface area contributed by atoms with E-state index in [1.807, 2.05) is 30.0 Å². The highest BCUT2D eigenvalue weighted by atomic mass is 79.9. The van der Waals surface area contributed by atoms with Crippen molar-refractivity contribution in [3.63, 3.8) is 0 Å². The Hall–Kier alpha value is -0.540. The van der Waals surface area contributed by atoms with Crippen LogP contribution in [0.5, 0.6) is 0 Å². The van der Waals surface area contributed by atoms with Gasteiger partial charge in [-0.2, -0.15) is 0 Å². The Labute approximate surface area is 128 Å². The maximum Gasteiger partial charge on any atom is 0.254 e. The molecule has 0 bridgehead atoms. The molecule has 1 unspecified atom stereocenters. The van der Waals surface area contributed by atoms with Gasteiger partial charge in [-0.15, -0.1) is 11.6 Å². The van der Waals surface area contributed by atoms with Gasteiger partial charge in [-0.1, -0.05) is 22.0 Å². The van der Waals surface area contributed by atoms with Gasteiger partial charge in [-0.3, -0.25) is 4.79 Å². The molecule has 1 fully saturated rings. The number of amides is 1. The molecule has 104 valence electrons. The van der Waals surface area contributed by atoms with Crippen LogP contribution in [0.1, 0.15) is 41.6 Å². The number of piperidine rings is 1. The van der Waals surface area contributed by atoms with Crippen molar-refractivity contribution in [3.05, 3.63) is 33.8 Å². The van der Waals surface area contributed by atoms with Crippen molar-refractivity contribution in [2.45, 2.75) is 38.6 Å². The van der Waals surface area contributed by atoms with Gasteiger partial charge in [0.05, 0.1) is 0 Å². The van der Waals surface area contributed by atoms with Crippen molar-refractivity contribution >= 4 is 33.4 Å². The first kappa shape index (κ1) is 14.9. The Morgan fingerprint density at radius 2 is 2.26 bits per heavy atom. The summed E-state index contributed by atoms with van der Waals surface area (Å²) in [4.78, 5) is 14.6. The smallest absolute Gasteiger partial charge is 0.254 e. The van der Waals surface area contributed by atoms with E-state index < -0.39 is 0 Å². The molecule has 1 aliphatic heterocycles. The fourth-order valence-corrected chi connectivity index (χ4v) is 3.22. The fourth-order valence-electron chi connectivity index (χ4n) is 2.59. The number of likely N-dealkylation sites (tertiary alicyclic amines) is 1. The maximum absolute atomic E-state index is 12.6. The van der Waals surface area contributed by atoms with Gasteiger partial charge < -0.3 is 4.90 Å². The molecule has 0 N–H and O–H groups in total. The first-order valence-electron chi connectivity index (χ1n) is 6.76. The van der Waals surface area contributed by atoms with Crippen LogP contribution in [0.3, 0.4) is 0 Å². The van der Waals surface area contributed by atoms with E-state index in [-0.39, 0.29) is 5.91 Å². The van der Waals surface area contributed by atoms with Crippen LogP contribution in [0.2, 0.25) is 0 Å². The SMILES string of the molecule is Cc1ccc(C(=O)N2CCCCC2CCCl)cc1Br. The number of benzene rings is 1. The van der Waals surface area contributed by atoms with Crippen LogP contribution in [0.25, 0.3) is 0 Å². The Kier molecular flexibility index (Phi) is 5.28. The van der Waals surface area contributed by atoms with Gasteiger partial charge in [0.1, 0.15) is 0 Å². The summed E-state index contributed by atoms with van der Waals surface area (Å²) in [7, 11) is 0. The van der Waals surface area contributed by atoms with E-state index in [2.05, 4.69) is 15.9 Å². The second kappa shape index (κ2) is 6.76. The third kappa shape index (κ3) is 3.51. The topological polar surface area (TPSA) is 20.3 Å². The molecule has 1 heterocycles. The van der Waals surface area contributed by atoms with Crippen LogP contribution < -0.4 is 0 Å². The number of hydrogen-bond acceptors (Lipinski definition) is 1. The summed E-state index contributed by atoms with van der Waals surface area (Å²) < 4.78 is 0.990. The Morgan fingerprint density at radius 1 is 1.47 bits per heavy atom. The number of halogens is 2. The third-order valence-electron chi connectivity index (χ3n) is 3.75. The highest BCUT2D eigenvalue weighted by molar-refractivity contribution is 9.10. The minimum Gasteiger partial charge on any atom is -0.336 e. The van der Waals surface area contributed by atoms with E-state index in [1.165, 1.54) is 6.42 Å². The minimum absolute atomic E-state index is 0.135. The number of alkyl halides is 1. The largest absolute Gasteiger partial charge is 0.336 e. The normalized spacial score (nSPS) is 19.5. The van der Waals surface area contributed by atoms with E-state index in [9.17, 15) is 4.79 Å². The lowest BCUT2D eigenvalue weighted by Crippen LogP contribution is -2.44. The number of nitrogens with zero attached hydrogens (tertiary/aromatic N) is 1. The molecule has 1 saturated heterocycles. The monoisotopic (exact) mass is 343 g/mol. The summed E-state index contributed by atoms with van der Waals surface area (Å²) in [6, 6.07) is 6.12. The Morgan fingerprint density at radius 3 is 2.95 bits per heavy atom. The molecule has 0 saturated carbocycles. The van der Waals surface area contributed by atoms with Crippen molar-refractivity contribution in [2.75, 3.05) is 12.4 Å². The first-order chi connectivity index (χ1) is 9.13. The Bertz CT molecular complexity index is 461. The Balaban J connectivity index is 2.18. The van der Waals surface area contributed by atoms with Crippen LogP contribution in [0, 0.1) is 6.92 Å². The van der Waals surface area contributed by atoms with Gasteiger partial charge in [0, 0.05) is 28.5 Å². The van der Waals surface area contributed by atoms with Crippen LogP contribution in [0.15, 0.2) is 22.7 Å². The summed E-state index contributed by atoms with van der Waals surface area (Å²) in [6.45, 7) is 2.88. The summed E-state index contributed by atoms with van der Waals surface area (Å²) in [5, 5.41) is 0. The van der Waals surface area contributed by atoms with Crippen LogP contribution in [-0.4, -0.2) is 29.3 Å². The van der Waals surface area contributed by atoms with Crippen molar-refractivity contribution in [1.29, 1.82) is 0 Å². The number of carbonyl (C=O) groups excluding carboxylic acids is 1. The van der Waals surface area contributed by atoms with E-state index >= 15 is 0 Å². The molecular weight excluding hydrogens is 326 g/mol. The average Bonchev–Trinajstić information content (AvgIpc) is 2.42. The standard InChI is InChI=1S/C15H19BrClNO/c1-11-5-6-12(10-14(11)16)15(19)18-9-3-2-4-13(18)7-8-17/h5-6,10,13H,2-4,7-9H2,1H3. The zero-order chi connectivity index (χ0) is 13.8. The summed E-state index contributed by atoms with van der Waals surface area (Å²) in [5.41, 5.74) is 1.91. The average molecular weight is 345 g/mol. The third-order valence-corrected chi connectivity index (χ3v) is 4.82. The van der Waals surface area contributed by atoms with E-state index in [1.54, 1.807) is 0 Å². The minimum atomic E-state index is 0.135. The van der Waals surface area contributed by atoms with Crippen LogP contribution >= 0.6 is 27.5 Å². The fraction of sp³-hybridized carbons (Fsp3) is 0.533. The molecule has 1 amide bonds. The van der Waals surface area contributed by atoms with Gasteiger partial charge in [-0.25, -0.2) is 0 Å². The van der Waals surface area contributed by atoms with E-state index in [0.717, 1.165) is 41.4 Å². The van der Waals surface area contributed by atoms with Gasteiger partial charge in [0.2, 0.25) is 0 Å². The molecule has 0 aliphatic carbocycles. The van der Waals surface area contributed by atoms with Gasteiger partial charge in [-0.05, 0) is 50.3 Å². The predicted octanol–water partition coefficient (Wildman–Crippen LogP) is 4.38. The number of aryl methyl sites for hydroxylation is 1. The summed E-state index contributed by atoms with van der Waals surface area (Å²) in [6.07, 6.45) is 4.26. The van der Waals surface area contributed by atoms with Gasteiger partial charge in [0.25, 0.3) is 5.91 Å². The molecule has 1 aromatic carbocycles. The number of carbonyl (C=O) groups is 1. The lowest BCUT2D eigenvalue weighted by molar-refractivity contribution is 0.0609. The van der Waals surface area contributed by atoms with Crippen molar-refractivity contribution in [3.8, 4) is 0 Å². The molecule has 1 aromatic rings. The molecule has 1 atom stereocenters. The molecular formula is C15H19BrClNO. The van der Waals surface area contributed by atoms with Gasteiger partial charge >= 0.3 is 0 Å². The molecule has 0 spiro atoms. The lowest BCUT2D eigenvalue weighted by Gasteiger charge is -2.35. The van der Waals surface area contributed by atoms with Gasteiger partial charge in [0.15, 0.2) is 0 Å².